The van der Waals surface area contributed by atoms with Crippen LogP contribution >= 0.6 is 11.3 Å². The van der Waals surface area contributed by atoms with Gasteiger partial charge in [0.25, 0.3) is 5.91 Å². The zero-order valence-corrected chi connectivity index (χ0v) is 18.0. The molecule has 1 fully saturated rings. The van der Waals surface area contributed by atoms with Gasteiger partial charge in [-0.3, -0.25) is 4.79 Å². The summed E-state index contributed by atoms with van der Waals surface area (Å²) in [6.45, 7) is 5.00. The van der Waals surface area contributed by atoms with Gasteiger partial charge in [0.1, 0.15) is 11.5 Å². The highest BCUT2D eigenvalue weighted by Crippen LogP contribution is 2.24. The minimum atomic E-state index is 0.000914. The second kappa shape index (κ2) is 8.18. The number of nitrogens with zero attached hydrogens (tertiary/aromatic N) is 5. The van der Waals surface area contributed by atoms with E-state index < -0.39 is 0 Å². The third kappa shape index (κ3) is 3.84. The molecule has 1 saturated heterocycles. The van der Waals surface area contributed by atoms with Gasteiger partial charge in [-0.2, -0.15) is 0 Å². The van der Waals surface area contributed by atoms with Crippen molar-refractivity contribution in [2.75, 3.05) is 18.0 Å². The predicted molar refractivity (Wildman–Crippen MR) is 118 cm³/mol. The number of hydrogen-bond donors (Lipinski definition) is 1. The Morgan fingerprint density at radius 2 is 1.90 bits per heavy atom. The fraction of sp³-hybridized carbons (Fsp3) is 0.455. The molecular weight excluding hydrogens is 396 g/mol. The van der Waals surface area contributed by atoms with Crippen molar-refractivity contribution in [2.24, 2.45) is 0 Å². The fourth-order valence-corrected chi connectivity index (χ4v) is 4.95. The van der Waals surface area contributed by atoms with Crippen molar-refractivity contribution in [3.8, 4) is 11.5 Å². The van der Waals surface area contributed by atoms with Crippen LogP contribution in [-0.2, 0) is 13.0 Å². The topological polar surface area (TPSA) is 75.9 Å². The zero-order chi connectivity index (χ0) is 20.5. The molecule has 156 valence electrons. The Morgan fingerprint density at radius 1 is 1.10 bits per heavy atom. The monoisotopic (exact) mass is 422 g/mol. The molecule has 4 heterocycles. The lowest BCUT2D eigenvalue weighted by Gasteiger charge is -2.19. The Kier molecular flexibility index (Phi) is 5.25. The summed E-state index contributed by atoms with van der Waals surface area (Å²) in [7, 11) is 0. The molecule has 1 amide bonds. The van der Waals surface area contributed by atoms with Crippen LogP contribution in [0.2, 0.25) is 0 Å². The molecule has 0 bridgehead atoms. The Labute approximate surface area is 180 Å². The van der Waals surface area contributed by atoms with Gasteiger partial charge in [0, 0.05) is 48.7 Å². The van der Waals surface area contributed by atoms with Crippen LogP contribution in [0.5, 0.6) is 0 Å². The molecule has 0 radical (unpaired) electrons. The Balaban J connectivity index is 1.23. The second-order valence-electron chi connectivity index (χ2n) is 8.08. The third-order valence-corrected chi connectivity index (χ3v) is 6.80. The number of hydrogen-bond acceptors (Lipinski definition) is 6. The summed E-state index contributed by atoms with van der Waals surface area (Å²) < 4.78 is 2.16. The van der Waals surface area contributed by atoms with Gasteiger partial charge in [-0.15, -0.1) is 21.5 Å². The molecule has 1 N–H and O–H groups in total. The molecule has 0 spiro atoms. The summed E-state index contributed by atoms with van der Waals surface area (Å²) >= 11 is 1.62. The average molecular weight is 423 g/mol. The number of rotatable bonds is 4. The minimum Gasteiger partial charge on any atom is -0.372 e. The highest BCUT2D eigenvalue weighted by Gasteiger charge is 2.23. The average Bonchev–Trinajstić information content (AvgIpc) is 3.49. The van der Waals surface area contributed by atoms with Gasteiger partial charge < -0.3 is 14.8 Å². The number of carbonyl (C=O) groups excluding carboxylic acids is 1. The minimum absolute atomic E-state index is 0.000914. The Hall–Kier alpha value is -2.74. The number of aromatic nitrogens is 4. The predicted octanol–water partition coefficient (Wildman–Crippen LogP) is 3.45. The zero-order valence-electron chi connectivity index (χ0n) is 17.2. The lowest BCUT2D eigenvalue weighted by Crippen LogP contribution is -2.35. The van der Waals surface area contributed by atoms with Crippen LogP contribution in [-0.4, -0.2) is 44.8 Å². The molecule has 30 heavy (non-hydrogen) atoms. The Bertz CT molecular complexity index is 1030. The van der Waals surface area contributed by atoms with E-state index in [9.17, 15) is 4.79 Å². The van der Waals surface area contributed by atoms with Gasteiger partial charge in [-0.1, -0.05) is 0 Å². The maximum Gasteiger partial charge on any atom is 0.251 e. The highest BCUT2D eigenvalue weighted by molar-refractivity contribution is 7.09. The van der Waals surface area contributed by atoms with Crippen molar-refractivity contribution in [3.63, 3.8) is 0 Å². The van der Waals surface area contributed by atoms with E-state index in [-0.39, 0.29) is 11.9 Å². The number of nitrogens with one attached hydrogen (secondary N) is 1. The van der Waals surface area contributed by atoms with E-state index in [1.165, 1.54) is 18.5 Å². The highest BCUT2D eigenvalue weighted by atomic mass is 32.1. The Morgan fingerprint density at radius 3 is 2.63 bits per heavy atom. The van der Waals surface area contributed by atoms with Gasteiger partial charge in [-0.25, -0.2) is 4.98 Å². The van der Waals surface area contributed by atoms with Crippen molar-refractivity contribution in [3.05, 3.63) is 46.0 Å². The lowest BCUT2D eigenvalue weighted by atomic mass is 10.1. The summed E-state index contributed by atoms with van der Waals surface area (Å²) in [4.78, 5) is 19.7. The van der Waals surface area contributed by atoms with E-state index in [1.54, 1.807) is 11.3 Å². The van der Waals surface area contributed by atoms with Crippen LogP contribution in [0.25, 0.3) is 11.5 Å². The van der Waals surface area contributed by atoms with E-state index in [0.29, 0.717) is 0 Å². The first-order valence-corrected chi connectivity index (χ1v) is 11.6. The van der Waals surface area contributed by atoms with E-state index in [4.69, 9.17) is 0 Å². The van der Waals surface area contributed by atoms with Crippen LogP contribution < -0.4 is 10.2 Å². The van der Waals surface area contributed by atoms with E-state index in [2.05, 4.69) is 42.1 Å². The maximum absolute atomic E-state index is 12.8. The van der Waals surface area contributed by atoms with Crippen molar-refractivity contribution >= 4 is 22.9 Å². The summed E-state index contributed by atoms with van der Waals surface area (Å²) in [5.74, 6) is 1.81. The number of anilines is 1. The van der Waals surface area contributed by atoms with Crippen molar-refractivity contribution in [2.45, 2.75) is 51.6 Å². The van der Waals surface area contributed by atoms with Crippen LogP contribution in [0.4, 0.5) is 5.69 Å². The molecule has 1 aromatic carbocycles. The molecule has 2 aliphatic rings. The standard InChI is InChI=1S/C22H26N6OS/c1-15-23-19(14-30-15)21-26-25-20-9-6-17(10-13-28(20)21)24-22(29)16-4-7-18(8-5-16)27-11-2-3-12-27/h4-5,7-8,14,17H,2-3,6,9-13H2,1H3,(H,24,29). The molecule has 1 atom stereocenters. The van der Waals surface area contributed by atoms with Crippen LogP contribution in [0.15, 0.2) is 29.6 Å². The third-order valence-electron chi connectivity index (χ3n) is 6.03. The van der Waals surface area contributed by atoms with Crippen LogP contribution in [0.1, 0.15) is 46.9 Å². The first-order chi connectivity index (χ1) is 14.7. The molecule has 2 aliphatic heterocycles. The van der Waals surface area contributed by atoms with E-state index in [0.717, 1.165) is 66.8 Å². The summed E-state index contributed by atoms with van der Waals surface area (Å²) in [6, 6.07) is 8.14. The van der Waals surface area contributed by atoms with Crippen LogP contribution in [0, 0.1) is 6.92 Å². The smallest absolute Gasteiger partial charge is 0.251 e. The summed E-state index contributed by atoms with van der Waals surface area (Å²) in [5.41, 5.74) is 2.82. The molecule has 7 nitrogen and oxygen atoms in total. The number of thiazole rings is 1. The molecule has 2 aromatic heterocycles. The van der Waals surface area contributed by atoms with E-state index in [1.807, 2.05) is 24.4 Å². The molecule has 0 saturated carbocycles. The molecule has 5 rings (SSSR count). The van der Waals surface area contributed by atoms with Gasteiger partial charge in [0.05, 0.1) is 5.01 Å². The molecule has 3 aromatic rings. The van der Waals surface area contributed by atoms with Crippen molar-refractivity contribution in [1.82, 2.24) is 25.1 Å². The van der Waals surface area contributed by atoms with Crippen molar-refractivity contribution in [1.29, 1.82) is 0 Å². The fourth-order valence-electron chi connectivity index (χ4n) is 4.36. The SMILES string of the molecule is Cc1nc(-c2nnc3n2CCC(NC(=O)c2ccc(N4CCCC4)cc2)CC3)cs1. The maximum atomic E-state index is 12.8. The number of aryl methyl sites for hydroxylation is 2. The molecular formula is C22H26N6OS. The number of fused-ring (bicyclic) bond motifs is 1. The quantitative estimate of drug-likeness (QED) is 0.697. The summed E-state index contributed by atoms with van der Waals surface area (Å²) in [6.07, 6.45) is 5.03. The summed E-state index contributed by atoms with van der Waals surface area (Å²) in [5, 5.41) is 15.0. The van der Waals surface area contributed by atoms with Gasteiger partial charge in [0.2, 0.25) is 0 Å². The van der Waals surface area contributed by atoms with Gasteiger partial charge in [0.15, 0.2) is 5.82 Å². The number of amides is 1. The second-order valence-corrected chi connectivity index (χ2v) is 9.14. The van der Waals surface area contributed by atoms with E-state index >= 15 is 0 Å². The molecule has 0 aliphatic carbocycles. The molecule has 8 heteroatoms. The largest absolute Gasteiger partial charge is 0.372 e. The van der Waals surface area contributed by atoms with Gasteiger partial charge >= 0.3 is 0 Å². The lowest BCUT2D eigenvalue weighted by molar-refractivity contribution is 0.0933. The number of benzene rings is 1. The first kappa shape index (κ1) is 19.2. The first-order valence-electron chi connectivity index (χ1n) is 10.7. The van der Waals surface area contributed by atoms with Gasteiger partial charge in [-0.05, 0) is 56.9 Å². The number of carbonyl (C=O) groups is 1. The molecule has 1 unspecified atom stereocenters. The van der Waals surface area contributed by atoms with Crippen LogP contribution in [0.3, 0.4) is 0 Å². The normalized spacial score (nSPS) is 18.8. The van der Waals surface area contributed by atoms with Crippen molar-refractivity contribution < 1.29 is 4.79 Å².